The van der Waals surface area contributed by atoms with Gasteiger partial charge in [0.25, 0.3) is 10.2 Å². The highest BCUT2D eigenvalue weighted by atomic mass is 32.2. The molecule has 3 rings (SSSR count). The van der Waals surface area contributed by atoms with Crippen LogP contribution in [0.1, 0.15) is 12.8 Å². The van der Waals surface area contributed by atoms with Crippen LogP contribution in [0.15, 0.2) is 24.3 Å². The van der Waals surface area contributed by atoms with Crippen LogP contribution >= 0.6 is 11.3 Å². The average molecular weight is 326 g/mol. The number of benzene rings is 1. The maximum atomic E-state index is 11.0. The van der Waals surface area contributed by atoms with Gasteiger partial charge in [0.05, 0.1) is 10.2 Å². The Morgan fingerprint density at radius 1 is 1.43 bits per heavy atom. The normalized spacial score (nSPS) is 20.0. The lowest BCUT2D eigenvalue weighted by Crippen LogP contribution is -2.42. The number of fused-ring (bicyclic) bond motifs is 1. The first-order valence-corrected chi connectivity index (χ1v) is 9.25. The summed E-state index contributed by atoms with van der Waals surface area (Å²) in [6.07, 6.45) is 2.04. The first kappa shape index (κ1) is 14.7. The Morgan fingerprint density at radius 2 is 2.24 bits per heavy atom. The van der Waals surface area contributed by atoms with Crippen LogP contribution in [-0.4, -0.2) is 33.0 Å². The zero-order valence-corrected chi connectivity index (χ0v) is 13.2. The van der Waals surface area contributed by atoms with Gasteiger partial charge in [-0.25, -0.2) is 14.8 Å². The summed E-state index contributed by atoms with van der Waals surface area (Å²) >= 11 is 1.68. The molecule has 1 unspecified atom stereocenters. The number of anilines is 1. The van der Waals surface area contributed by atoms with Crippen LogP contribution in [0.5, 0.6) is 0 Å². The summed E-state index contributed by atoms with van der Waals surface area (Å²) in [6, 6.07) is 8.08. The molecule has 1 aromatic heterocycles. The fraction of sp³-hybridized carbons (Fsp3) is 0.462. The van der Waals surface area contributed by atoms with Crippen molar-refractivity contribution < 1.29 is 8.42 Å². The van der Waals surface area contributed by atoms with E-state index in [1.165, 1.54) is 4.70 Å². The number of nitrogens with two attached hydrogens (primary N) is 1. The Bertz CT molecular complexity index is 696. The summed E-state index contributed by atoms with van der Waals surface area (Å²) in [4.78, 5) is 6.90. The molecular weight excluding hydrogens is 308 g/mol. The Morgan fingerprint density at radius 3 is 3.00 bits per heavy atom. The second kappa shape index (κ2) is 5.88. The molecule has 1 atom stereocenters. The first-order chi connectivity index (χ1) is 10.0. The molecule has 0 amide bonds. The van der Waals surface area contributed by atoms with Crippen molar-refractivity contribution >= 4 is 36.9 Å². The number of thiazole rings is 1. The Labute approximate surface area is 128 Å². The number of aromatic nitrogens is 1. The van der Waals surface area contributed by atoms with Crippen molar-refractivity contribution in [3.8, 4) is 0 Å². The van der Waals surface area contributed by atoms with Gasteiger partial charge in [-0.1, -0.05) is 23.5 Å². The molecule has 1 aliphatic heterocycles. The minimum Gasteiger partial charge on any atom is -0.348 e. The van der Waals surface area contributed by atoms with Crippen molar-refractivity contribution in [1.29, 1.82) is 0 Å². The summed E-state index contributed by atoms with van der Waals surface area (Å²) in [5.74, 6) is 0.268. The van der Waals surface area contributed by atoms with E-state index in [2.05, 4.69) is 20.7 Å². The van der Waals surface area contributed by atoms with Crippen LogP contribution in [0.25, 0.3) is 10.2 Å². The van der Waals surface area contributed by atoms with Gasteiger partial charge >= 0.3 is 0 Å². The molecule has 1 saturated heterocycles. The lowest BCUT2D eigenvalue weighted by atomic mass is 9.99. The third-order valence-corrected chi connectivity index (χ3v) is 5.31. The van der Waals surface area contributed by atoms with Crippen molar-refractivity contribution in [2.24, 2.45) is 11.1 Å². The average Bonchev–Trinajstić information content (AvgIpc) is 2.89. The molecule has 0 aliphatic carbocycles. The number of hydrogen-bond acceptors (Lipinski definition) is 5. The molecule has 2 aromatic rings. The Balaban J connectivity index is 1.70. The molecule has 0 spiro atoms. The highest BCUT2D eigenvalue weighted by Gasteiger charge is 2.23. The Kier molecular flexibility index (Phi) is 4.12. The van der Waals surface area contributed by atoms with Gasteiger partial charge in [-0.15, -0.1) is 0 Å². The second-order valence-electron chi connectivity index (χ2n) is 5.31. The fourth-order valence-corrected chi connectivity index (χ4v) is 4.10. The molecule has 2 heterocycles. The van der Waals surface area contributed by atoms with E-state index in [4.69, 9.17) is 5.14 Å². The molecule has 21 heavy (non-hydrogen) atoms. The summed E-state index contributed by atoms with van der Waals surface area (Å²) in [6.45, 7) is 2.16. The van der Waals surface area contributed by atoms with E-state index in [9.17, 15) is 8.42 Å². The molecule has 8 heteroatoms. The van der Waals surface area contributed by atoms with Gasteiger partial charge in [0.1, 0.15) is 0 Å². The quantitative estimate of drug-likeness (QED) is 0.886. The van der Waals surface area contributed by atoms with Gasteiger partial charge in [-0.2, -0.15) is 8.42 Å². The topological polar surface area (TPSA) is 88.3 Å². The molecule has 0 bridgehead atoms. The lowest BCUT2D eigenvalue weighted by molar-refractivity contribution is 0.411. The van der Waals surface area contributed by atoms with Gasteiger partial charge in [-0.05, 0) is 30.9 Å². The van der Waals surface area contributed by atoms with Crippen LogP contribution in [0.4, 0.5) is 5.13 Å². The largest absolute Gasteiger partial charge is 0.348 e. The highest BCUT2D eigenvalue weighted by Crippen LogP contribution is 2.31. The summed E-state index contributed by atoms with van der Waals surface area (Å²) in [5.41, 5.74) is 1.02. The number of rotatable bonds is 4. The Hall–Kier alpha value is -1.22. The van der Waals surface area contributed by atoms with E-state index in [-0.39, 0.29) is 5.92 Å². The van der Waals surface area contributed by atoms with Crippen molar-refractivity contribution in [1.82, 2.24) is 9.71 Å². The summed E-state index contributed by atoms with van der Waals surface area (Å²) in [5, 5.41) is 6.00. The van der Waals surface area contributed by atoms with Crippen LogP contribution in [0.2, 0.25) is 0 Å². The summed E-state index contributed by atoms with van der Waals surface area (Å²) < 4.78 is 25.5. The van der Waals surface area contributed by atoms with Crippen molar-refractivity contribution in [2.45, 2.75) is 12.8 Å². The van der Waals surface area contributed by atoms with Gasteiger partial charge in [0.2, 0.25) is 0 Å². The number of para-hydroxylation sites is 1. The predicted molar refractivity (Wildman–Crippen MR) is 85.7 cm³/mol. The predicted octanol–water partition coefficient (Wildman–Crippen LogP) is 1.31. The lowest BCUT2D eigenvalue weighted by Gasteiger charge is -2.32. The summed E-state index contributed by atoms with van der Waals surface area (Å²) in [7, 11) is -3.61. The molecular formula is C13H18N4O2S2. The smallest absolute Gasteiger partial charge is 0.274 e. The third-order valence-electron chi connectivity index (χ3n) is 3.65. The van der Waals surface area contributed by atoms with E-state index in [1.54, 1.807) is 11.3 Å². The van der Waals surface area contributed by atoms with E-state index < -0.39 is 10.2 Å². The van der Waals surface area contributed by atoms with E-state index in [0.29, 0.717) is 6.54 Å². The second-order valence-corrected chi connectivity index (χ2v) is 7.70. The highest BCUT2D eigenvalue weighted by molar-refractivity contribution is 7.87. The first-order valence-electron chi connectivity index (χ1n) is 6.89. The standard InChI is InChI=1S/C13H18N4O2S2/c14-21(18,19)15-8-10-4-3-7-17(9-10)13-16-11-5-1-2-6-12(11)20-13/h1-2,5-6,10,15H,3-4,7-9H2,(H2,14,18,19). The zero-order valence-electron chi connectivity index (χ0n) is 11.5. The van der Waals surface area contributed by atoms with Crippen LogP contribution < -0.4 is 14.8 Å². The van der Waals surface area contributed by atoms with Crippen LogP contribution in [-0.2, 0) is 10.2 Å². The van der Waals surface area contributed by atoms with Gasteiger partial charge in [0.15, 0.2) is 5.13 Å². The molecule has 1 fully saturated rings. The van der Waals surface area contributed by atoms with Crippen molar-refractivity contribution in [2.75, 3.05) is 24.5 Å². The molecule has 6 nitrogen and oxygen atoms in total. The molecule has 0 saturated carbocycles. The van der Waals surface area contributed by atoms with Gasteiger partial charge in [0, 0.05) is 19.6 Å². The van der Waals surface area contributed by atoms with E-state index in [1.807, 2.05) is 18.2 Å². The number of nitrogens with one attached hydrogen (secondary N) is 1. The SMILES string of the molecule is NS(=O)(=O)NCC1CCCN(c2nc3ccccc3s2)C1. The minimum atomic E-state index is -3.61. The van der Waals surface area contributed by atoms with Crippen LogP contribution in [0, 0.1) is 5.92 Å². The van der Waals surface area contributed by atoms with Gasteiger partial charge in [-0.3, -0.25) is 0 Å². The number of piperidine rings is 1. The van der Waals surface area contributed by atoms with Crippen molar-refractivity contribution in [3.63, 3.8) is 0 Å². The maximum Gasteiger partial charge on any atom is 0.274 e. The molecule has 3 N–H and O–H groups in total. The molecule has 114 valence electrons. The monoisotopic (exact) mass is 326 g/mol. The van der Waals surface area contributed by atoms with Crippen LogP contribution in [0.3, 0.4) is 0 Å². The van der Waals surface area contributed by atoms with Crippen molar-refractivity contribution in [3.05, 3.63) is 24.3 Å². The molecule has 0 radical (unpaired) electrons. The number of nitrogens with zero attached hydrogens (tertiary/aromatic N) is 2. The number of hydrogen-bond donors (Lipinski definition) is 2. The molecule has 1 aromatic carbocycles. The third kappa shape index (κ3) is 3.70. The molecule has 1 aliphatic rings. The zero-order chi connectivity index (χ0) is 14.9. The van der Waals surface area contributed by atoms with E-state index >= 15 is 0 Å². The maximum absolute atomic E-state index is 11.0. The minimum absolute atomic E-state index is 0.268. The fourth-order valence-electron chi connectivity index (χ4n) is 2.63. The van der Waals surface area contributed by atoms with E-state index in [0.717, 1.165) is 36.6 Å². The van der Waals surface area contributed by atoms with Gasteiger partial charge < -0.3 is 4.90 Å².